The summed E-state index contributed by atoms with van der Waals surface area (Å²) in [6.45, 7) is 4.90. The molecule has 2 aromatic rings. The number of piperidine rings is 1. The van der Waals surface area contributed by atoms with Gasteiger partial charge in [0.05, 0.1) is 5.60 Å². The Morgan fingerprint density at radius 1 is 1.07 bits per heavy atom. The Hall–Kier alpha value is -1.75. The molecule has 2 fully saturated rings. The van der Waals surface area contributed by atoms with Crippen LogP contribution in [0.15, 0.2) is 42.5 Å². The molecule has 2 aromatic carbocycles. The summed E-state index contributed by atoms with van der Waals surface area (Å²) in [7, 11) is 0. The Kier molecular flexibility index (Phi) is 6.57. The third-order valence-corrected chi connectivity index (χ3v) is 7.25. The summed E-state index contributed by atoms with van der Waals surface area (Å²) in [6.07, 6.45) is 6.21. The van der Waals surface area contributed by atoms with Crippen LogP contribution < -0.4 is 16.0 Å². The number of nitrogens with two attached hydrogens (primary N) is 1. The van der Waals surface area contributed by atoms with Crippen LogP contribution in [0.25, 0.3) is 0 Å². The molecular weight excluding hydrogens is 394 g/mol. The predicted octanol–water partition coefficient (Wildman–Crippen LogP) is 5.07. The normalized spacial score (nSPS) is 23.9. The van der Waals surface area contributed by atoms with Crippen molar-refractivity contribution < 1.29 is 5.11 Å². The highest BCUT2D eigenvalue weighted by atomic mass is 35.5. The Bertz CT molecular complexity index is 838. The molecule has 5 heteroatoms. The van der Waals surface area contributed by atoms with Gasteiger partial charge in [0.25, 0.3) is 0 Å². The molecule has 0 unspecified atom stereocenters. The maximum Gasteiger partial charge on any atom is 0.0930 e. The van der Waals surface area contributed by atoms with E-state index >= 15 is 0 Å². The molecule has 0 atom stereocenters. The zero-order valence-electron chi connectivity index (χ0n) is 17.9. The minimum Gasteiger partial charge on any atom is -0.385 e. The second-order valence-corrected chi connectivity index (χ2v) is 9.62. The molecule has 0 aromatic heterocycles. The topological polar surface area (TPSA) is 61.5 Å². The fourth-order valence-electron chi connectivity index (χ4n) is 4.94. The second-order valence-electron chi connectivity index (χ2n) is 9.19. The molecule has 4 rings (SSSR count). The highest BCUT2D eigenvalue weighted by molar-refractivity contribution is 6.30. The molecule has 2 aliphatic rings. The van der Waals surface area contributed by atoms with Gasteiger partial charge in [-0.3, -0.25) is 0 Å². The molecule has 0 radical (unpaired) electrons. The van der Waals surface area contributed by atoms with E-state index in [1.807, 2.05) is 24.3 Å². The van der Waals surface area contributed by atoms with Gasteiger partial charge in [-0.25, -0.2) is 0 Å². The lowest BCUT2D eigenvalue weighted by molar-refractivity contribution is 0.0117. The first-order valence-corrected chi connectivity index (χ1v) is 11.6. The van der Waals surface area contributed by atoms with Gasteiger partial charge < -0.3 is 21.1 Å². The van der Waals surface area contributed by atoms with Crippen LogP contribution >= 0.6 is 11.6 Å². The van der Waals surface area contributed by atoms with Crippen molar-refractivity contribution in [1.82, 2.24) is 0 Å². The third kappa shape index (κ3) is 4.93. The van der Waals surface area contributed by atoms with Crippen LogP contribution in [0.1, 0.15) is 49.7 Å². The van der Waals surface area contributed by atoms with Crippen molar-refractivity contribution >= 4 is 23.0 Å². The second kappa shape index (κ2) is 9.17. The minimum atomic E-state index is -0.765. The van der Waals surface area contributed by atoms with E-state index in [0.29, 0.717) is 11.1 Å². The maximum absolute atomic E-state index is 11.1. The van der Waals surface area contributed by atoms with Crippen LogP contribution in [0.2, 0.25) is 5.02 Å². The van der Waals surface area contributed by atoms with Crippen molar-refractivity contribution in [2.75, 3.05) is 29.9 Å². The summed E-state index contributed by atoms with van der Waals surface area (Å²) in [5, 5.41) is 15.5. The van der Waals surface area contributed by atoms with Gasteiger partial charge in [0.15, 0.2) is 0 Å². The predicted molar refractivity (Wildman–Crippen MR) is 126 cm³/mol. The molecule has 0 bridgehead atoms. The van der Waals surface area contributed by atoms with E-state index in [-0.39, 0.29) is 0 Å². The summed E-state index contributed by atoms with van der Waals surface area (Å²) in [5.74, 6) is 0.734. The van der Waals surface area contributed by atoms with Crippen molar-refractivity contribution in [1.29, 1.82) is 0 Å². The van der Waals surface area contributed by atoms with Gasteiger partial charge >= 0.3 is 0 Å². The average molecular weight is 428 g/mol. The Morgan fingerprint density at radius 3 is 2.37 bits per heavy atom. The number of hydrogen-bond donors (Lipinski definition) is 3. The molecule has 0 spiro atoms. The fraction of sp³-hybridized carbons (Fsp3) is 0.520. The van der Waals surface area contributed by atoms with Crippen LogP contribution in [0.4, 0.5) is 11.4 Å². The van der Waals surface area contributed by atoms with Gasteiger partial charge in [0.2, 0.25) is 0 Å². The summed E-state index contributed by atoms with van der Waals surface area (Å²) in [4.78, 5) is 2.39. The summed E-state index contributed by atoms with van der Waals surface area (Å²) in [5.41, 5.74) is 9.96. The van der Waals surface area contributed by atoms with Crippen molar-refractivity contribution in [3.8, 4) is 0 Å². The van der Waals surface area contributed by atoms with Crippen molar-refractivity contribution in [2.45, 2.75) is 57.1 Å². The highest BCUT2D eigenvalue weighted by Gasteiger charge is 2.34. The lowest BCUT2D eigenvalue weighted by Gasteiger charge is -2.40. The number of rotatable bonds is 5. The van der Waals surface area contributed by atoms with E-state index in [2.05, 4.69) is 35.3 Å². The first-order valence-electron chi connectivity index (χ1n) is 11.3. The van der Waals surface area contributed by atoms with Gasteiger partial charge in [0.1, 0.15) is 0 Å². The van der Waals surface area contributed by atoms with Gasteiger partial charge in [-0.2, -0.15) is 0 Å². The molecular formula is C25H34ClN3O. The number of hydrogen-bond acceptors (Lipinski definition) is 4. The van der Waals surface area contributed by atoms with Gasteiger partial charge in [-0.05, 0) is 92.8 Å². The first kappa shape index (κ1) is 21.5. The quantitative estimate of drug-likeness (QED) is 0.623. The van der Waals surface area contributed by atoms with Gasteiger partial charge in [0, 0.05) is 42.1 Å². The molecule has 162 valence electrons. The molecule has 30 heavy (non-hydrogen) atoms. The number of anilines is 2. The van der Waals surface area contributed by atoms with Crippen molar-refractivity contribution in [2.24, 2.45) is 11.7 Å². The molecule has 1 saturated heterocycles. The van der Waals surface area contributed by atoms with E-state index < -0.39 is 5.60 Å². The van der Waals surface area contributed by atoms with E-state index in [0.717, 1.165) is 56.8 Å². The molecule has 4 N–H and O–H groups in total. The minimum absolute atomic E-state index is 0.407. The average Bonchev–Trinajstić information content (AvgIpc) is 2.75. The Morgan fingerprint density at radius 2 is 1.73 bits per heavy atom. The number of halogens is 1. The first-order chi connectivity index (χ1) is 14.4. The number of nitrogens with one attached hydrogen (secondary N) is 1. The van der Waals surface area contributed by atoms with Crippen molar-refractivity contribution in [3.05, 3.63) is 58.6 Å². The van der Waals surface area contributed by atoms with Gasteiger partial charge in [-0.15, -0.1) is 0 Å². The van der Waals surface area contributed by atoms with Crippen LogP contribution in [-0.4, -0.2) is 30.8 Å². The highest BCUT2D eigenvalue weighted by Crippen LogP contribution is 2.36. The molecule has 1 aliphatic heterocycles. The number of nitrogens with zero attached hydrogens (tertiary/aromatic N) is 1. The standard InChI is InChI=1S/C25H34ClN3O/c1-18-16-23(28-17-19-2-8-22(27)9-3-19)10-11-24(18)29-14-12-25(30,13-15-29)20-4-6-21(26)7-5-20/h4-7,10-11,16,19,22,28,30H,2-3,8-9,12-15,17,27H2,1H3. The zero-order valence-corrected chi connectivity index (χ0v) is 18.7. The Labute approximate surface area is 185 Å². The number of aliphatic hydroxyl groups is 1. The summed E-state index contributed by atoms with van der Waals surface area (Å²) < 4.78 is 0. The van der Waals surface area contributed by atoms with Crippen LogP contribution in [0.5, 0.6) is 0 Å². The molecule has 4 nitrogen and oxygen atoms in total. The van der Waals surface area contributed by atoms with Crippen LogP contribution in [-0.2, 0) is 5.60 Å². The zero-order chi connectivity index (χ0) is 21.1. The summed E-state index contributed by atoms with van der Waals surface area (Å²) in [6, 6.07) is 14.7. The third-order valence-electron chi connectivity index (χ3n) is 7.00. The summed E-state index contributed by atoms with van der Waals surface area (Å²) >= 11 is 6.00. The van der Waals surface area contributed by atoms with E-state index in [4.69, 9.17) is 17.3 Å². The van der Waals surface area contributed by atoms with E-state index in [1.54, 1.807) is 0 Å². The largest absolute Gasteiger partial charge is 0.385 e. The maximum atomic E-state index is 11.1. The van der Waals surface area contributed by atoms with E-state index in [9.17, 15) is 5.11 Å². The lowest BCUT2D eigenvalue weighted by atomic mass is 9.84. The molecule has 0 amide bonds. The van der Waals surface area contributed by atoms with Gasteiger partial charge in [-0.1, -0.05) is 23.7 Å². The monoisotopic (exact) mass is 427 g/mol. The molecule has 1 aliphatic carbocycles. The smallest absolute Gasteiger partial charge is 0.0930 e. The molecule has 1 heterocycles. The van der Waals surface area contributed by atoms with E-state index in [1.165, 1.54) is 29.8 Å². The fourth-order valence-corrected chi connectivity index (χ4v) is 5.07. The molecule has 1 saturated carbocycles. The SMILES string of the molecule is Cc1cc(NCC2CCC(N)CC2)ccc1N1CCC(O)(c2ccc(Cl)cc2)CC1. The van der Waals surface area contributed by atoms with Crippen molar-refractivity contribution in [3.63, 3.8) is 0 Å². The lowest BCUT2D eigenvalue weighted by Crippen LogP contribution is -2.42. The van der Waals surface area contributed by atoms with Crippen LogP contribution in [0, 0.1) is 12.8 Å². The Balaban J connectivity index is 1.34. The number of aryl methyl sites for hydroxylation is 1. The van der Waals surface area contributed by atoms with Crippen LogP contribution in [0.3, 0.4) is 0 Å². The number of benzene rings is 2.